The maximum Gasteiger partial charge on any atom is 0.0469 e. The van der Waals surface area contributed by atoms with Crippen molar-refractivity contribution in [2.24, 2.45) is 5.92 Å². The van der Waals surface area contributed by atoms with Gasteiger partial charge in [0.05, 0.1) is 0 Å². The van der Waals surface area contributed by atoms with E-state index in [-0.39, 0.29) is 0 Å². The van der Waals surface area contributed by atoms with Crippen molar-refractivity contribution in [1.29, 1.82) is 0 Å². The van der Waals surface area contributed by atoms with Gasteiger partial charge in [0.25, 0.3) is 0 Å². The monoisotopic (exact) mass is 130 g/mol. The SMILES string of the molecule is OC[C@H]1CCCOCC1. The Hall–Kier alpha value is -0.0800. The highest BCUT2D eigenvalue weighted by atomic mass is 16.5. The van der Waals surface area contributed by atoms with Crippen molar-refractivity contribution >= 4 is 0 Å². The molecule has 0 aromatic heterocycles. The van der Waals surface area contributed by atoms with Gasteiger partial charge >= 0.3 is 0 Å². The number of aliphatic hydroxyl groups is 1. The zero-order valence-electron chi connectivity index (χ0n) is 5.68. The van der Waals surface area contributed by atoms with Crippen LogP contribution < -0.4 is 0 Å². The van der Waals surface area contributed by atoms with Gasteiger partial charge in [0.1, 0.15) is 0 Å². The maximum atomic E-state index is 8.76. The lowest BCUT2D eigenvalue weighted by Gasteiger charge is -2.06. The zero-order chi connectivity index (χ0) is 6.53. The quantitative estimate of drug-likeness (QED) is 0.568. The van der Waals surface area contributed by atoms with Gasteiger partial charge in [-0.05, 0) is 25.2 Å². The normalized spacial score (nSPS) is 29.7. The van der Waals surface area contributed by atoms with Crippen molar-refractivity contribution in [1.82, 2.24) is 0 Å². The number of ether oxygens (including phenoxy) is 1. The summed E-state index contributed by atoms with van der Waals surface area (Å²) >= 11 is 0. The summed E-state index contributed by atoms with van der Waals surface area (Å²) in [4.78, 5) is 0. The molecule has 1 aliphatic rings. The highest BCUT2D eigenvalue weighted by Crippen LogP contribution is 2.13. The summed E-state index contributed by atoms with van der Waals surface area (Å²) in [5.74, 6) is 0.507. The van der Waals surface area contributed by atoms with Gasteiger partial charge in [-0.1, -0.05) is 0 Å². The lowest BCUT2D eigenvalue weighted by atomic mass is 10.0. The van der Waals surface area contributed by atoms with Crippen LogP contribution in [0.25, 0.3) is 0 Å². The molecule has 0 unspecified atom stereocenters. The van der Waals surface area contributed by atoms with Gasteiger partial charge < -0.3 is 9.84 Å². The predicted molar refractivity (Wildman–Crippen MR) is 35.2 cm³/mol. The second kappa shape index (κ2) is 3.85. The first kappa shape index (κ1) is 7.03. The molecule has 1 atom stereocenters. The van der Waals surface area contributed by atoms with Crippen LogP contribution >= 0.6 is 0 Å². The standard InChI is InChI=1S/C7H14O2/c8-6-7-2-1-4-9-5-3-7/h7-8H,1-6H2/t7-/m0/s1. The highest BCUT2D eigenvalue weighted by molar-refractivity contribution is 4.60. The van der Waals surface area contributed by atoms with Gasteiger partial charge in [0, 0.05) is 19.8 Å². The topological polar surface area (TPSA) is 29.5 Å². The molecule has 1 rings (SSSR count). The summed E-state index contributed by atoms with van der Waals surface area (Å²) in [5, 5.41) is 8.76. The van der Waals surface area contributed by atoms with E-state index in [2.05, 4.69) is 0 Å². The number of hydrogen-bond acceptors (Lipinski definition) is 2. The van der Waals surface area contributed by atoms with Gasteiger partial charge in [0.15, 0.2) is 0 Å². The summed E-state index contributed by atoms with van der Waals surface area (Å²) in [6.07, 6.45) is 3.29. The van der Waals surface area contributed by atoms with Crippen molar-refractivity contribution in [3.63, 3.8) is 0 Å². The molecule has 0 amide bonds. The van der Waals surface area contributed by atoms with Crippen molar-refractivity contribution in [3.05, 3.63) is 0 Å². The first-order chi connectivity index (χ1) is 4.43. The van der Waals surface area contributed by atoms with E-state index in [4.69, 9.17) is 9.84 Å². The molecule has 1 aliphatic heterocycles. The zero-order valence-corrected chi connectivity index (χ0v) is 5.68. The average Bonchev–Trinajstić information content (AvgIpc) is 2.13. The third-order valence-electron chi connectivity index (χ3n) is 1.83. The summed E-state index contributed by atoms with van der Waals surface area (Å²) < 4.78 is 5.22. The van der Waals surface area contributed by atoms with Gasteiger partial charge in [-0.3, -0.25) is 0 Å². The molecule has 2 nitrogen and oxygen atoms in total. The van der Waals surface area contributed by atoms with Crippen LogP contribution in [0.5, 0.6) is 0 Å². The predicted octanol–water partition coefficient (Wildman–Crippen LogP) is 0.795. The highest BCUT2D eigenvalue weighted by Gasteiger charge is 2.09. The molecule has 1 heterocycles. The Morgan fingerprint density at radius 1 is 1.33 bits per heavy atom. The van der Waals surface area contributed by atoms with Crippen molar-refractivity contribution in [3.8, 4) is 0 Å². The first-order valence-electron chi connectivity index (χ1n) is 3.62. The second-order valence-corrected chi connectivity index (χ2v) is 2.59. The van der Waals surface area contributed by atoms with Crippen molar-refractivity contribution in [2.75, 3.05) is 19.8 Å². The van der Waals surface area contributed by atoms with Crippen LogP contribution in [0.2, 0.25) is 0 Å². The third kappa shape index (κ3) is 2.33. The molecule has 1 saturated heterocycles. The summed E-state index contributed by atoms with van der Waals surface area (Å²) in [6.45, 7) is 2.06. The first-order valence-corrected chi connectivity index (χ1v) is 3.62. The molecule has 0 aromatic carbocycles. The van der Waals surface area contributed by atoms with Crippen LogP contribution in [0.4, 0.5) is 0 Å². The number of hydrogen-bond donors (Lipinski definition) is 1. The second-order valence-electron chi connectivity index (χ2n) is 2.59. The van der Waals surface area contributed by atoms with E-state index < -0.39 is 0 Å². The molecular formula is C7H14O2. The average molecular weight is 130 g/mol. The van der Waals surface area contributed by atoms with Crippen LogP contribution in [0.1, 0.15) is 19.3 Å². The molecule has 0 radical (unpaired) electrons. The fourth-order valence-electron chi connectivity index (χ4n) is 1.15. The fraction of sp³-hybridized carbons (Fsp3) is 1.00. The Balaban J connectivity index is 2.18. The van der Waals surface area contributed by atoms with Crippen LogP contribution in [0.15, 0.2) is 0 Å². The third-order valence-corrected chi connectivity index (χ3v) is 1.83. The van der Waals surface area contributed by atoms with Gasteiger partial charge in [-0.2, -0.15) is 0 Å². The molecule has 1 fully saturated rings. The minimum absolute atomic E-state index is 0.337. The van der Waals surface area contributed by atoms with Crippen molar-refractivity contribution < 1.29 is 9.84 Å². The Bertz CT molecular complexity index is 65.3. The lowest BCUT2D eigenvalue weighted by Crippen LogP contribution is -2.05. The van der Waals surface area contributed by atoms with E-state index in [1.165, 1.54) is 0 Å². The molecule has 0 aliphatic carbocycles. The molecule has 0 saturated carbocycles. The Labute approximate surface area is 55.8 Å². The van der Waals surface area contributed by atoms with Gasteiger partial charge in [-0.25, -0.2) is 0 Å². The summed E-state index contributed by atoms with van der Waals surface area (Å²) in [6, 6.07) is 0. The molecule has 54 valence electrons. The molecular weight excluding hydrogens is 116 g/mol. The van der Waals surface area contributed by atoms with Crippen molar-refractivity contribution in [2.45, 2.75) is 19.3 Å². The Kier molecular flexibility index (Phi) is 3.01. The van der Waals surface area contributed by atoms with Crippen LogP contribution in [0, 0.1) is 5.92 Å². The van der Waals surface area contributed by atoms with Gasteiger partial charge in [-0.15, -0.1) is 0 Å². The largest absolute Gasteiger partial charge is 0.396 e. The fourth-order valence-corrected chi connectivity index (χ4v) is 1.15. The lowest BCUT2D eigenvalue weighted by molar-refractivity contribution is 0.135. The number of rotatable bonds is 1. The summed E-state index contributed by atoms with van der Waals surface area (Å²) in [5.41, 5.74) is 0. The van der Waals surface area contributed by atoms with E-state index in [0.29, 0.717) is 12.5 Å². The molecule has 0 aromatic rings. The van der Waals surface area contributed by atoms with E-state index in [9.17, 15) is 0 Å². The van der Waals surface area contributed by atoms with Crippen LogP contribution in [0.3, 0.4) is 0 Å². The smallest absolute Gasteiger partial charge is 0.0469 e. The molecule has 2 heteroatoms. The molecule has 9 heavy (non-hydrogen) atoms. The van der Waals surface area contributed by atoms with Gasteiger partial charge in [0.2, 0.25) is 0 Å². The van der Waals surface area contributed by atoms with Crippen LogP contribution in [-0.2, 0) is 4.74 Å². The Morgan fingerprint density at radius 2 is 2.22 bits per heavy atom. The van der Waals surface area contributed by atoms with E-state index >= 15 is 0 Å². The van der Waals surface area contributed by atoms with Crippen LogP contribution in [-0.4, -0.2) is 24.9 Å². The Morgan fingerprint density at radius 3 is 3.00 bits per heavy atom. The molecule has 0 bridgehead atoms. The molecule has 0 spiro atoms. The van der Waals surface area contributed by atoms with E-state index in [1.54, 1.807) is 0 Å². The minimum atomic E-state index is 0.337. The minimum Gasteiger partial charge on any atom is -0.396 e. The summed E-state index contributed by atoms with van der Waals surface area (Å²) in [7, 11) is 0. The molecule has 1 N–H and O–H groups in total. The van der Waals surface area contributed by atoms with E-state index in [1.807, 2.05) is 0 Å². The van der Waals surface area contributed by atoms with E-state index in [0.717, 1.165) is 32.5 Å². The number of aliphatic hydroxyl groups excluding tert-OH is 1. The maximum absolute atomic E-state index is 8.76.